The molecule has 7 nitrogen and oxygen atoms in total. The van der Waals surface area contributed by atoms with Gasteiger partial charge in [-0.2, -0.15) is 0 Å². The molecule has 2 amide bonds. The first-order chi connectivity index (χ1) is 12.9. The smallest absolute Gasteiger partial charge is 0.248 e. The minimum Gasteiger partial charge on any atom is -0.366 e. The van der Waals surface area contributed by atoms with Crippen molar-refractivity contribution < 1.29 is 9.59 Å². The topological polar surface area (TPSA) is 110 Å². The number of amides is 2. The maximum absolute atomic E-state index is 11.2. The molecule has 3 aromatic rings. The highest BCUT2D eigenvalue weighted by Gasteiger charge is 2.07. The average molecular weight is 361 g/mol. The third-order valence-corrected chi connectivity index (χ3v) is 3.76. The summed E-state index contributed by atoms with van der Waals surface area (Å²) < 4.78 is 0. The fourth-order valence-corrected chi connectivity index (χ4v) is 2.53. The van der Waals surface area contributed by atoms with Crippen LogP contribution < -0.4 is 16.4 Å². The van der Waals surface area contributed by atoms with Crippen molar-refractivity contribution in [1.29, 1.82) is 0 Å². The molecule has 0 fully saturated rings. The van der Waals surface area contributed by atoms with Gasteiger partial charge in [0.25, 0.3) is 0 Å². The van der Waals surface area contributed by atoms with Crippen LogP contribution in [0.4, 0.5) is 17.2 Å². The number of aryl methyl sites for hydroxylation is 1. The Morgan fingerprint density at radius 3 is 2.15 bits per heavy atom. The van der Waals surface area contributed by atoms with Crippen LogP contribution in [0.25, 0.3) is 11.4 Å². The molecule has 3 rings (SSSR count). The number of primary amides is 1. The molecule has 2 aromatic carbocycles. The van der Waals surface area contributed by atoms with Crippen molar-refractivity contribution in [2.45, 2.75) is 13.8 Å². The number of anilines is 3. The van der Waals surface area contributed by atoms with E-state index >= 15 is 0 Å². The van der Waals surface area contributed by atoms with E-state index in [0.29, 0.717) is 17.2 Å². The number of carbonyl (C=O) groups is 2. The van der Waals surface area contributed by atoms with E-state index in [-0.39, 0.29) is 5.91 Å². The van der Waals surface area contributed by atoms with Crippen molar-refractivity contribution in [2.24, 2.45) is 5.73 Å². The van der Waals surface area contributed by atoms with Crippen molar-refractivity contribution in [3.05, 3.63) is 65.9 Å². The molecule has 0 unspecified atom stereocenters. The van der Waals surface area contributed by atoms with E-state index in [1.807, 2.05) is 25.1 Å². The van der Waals surface area contributed by atoms with E-state index in [9.17, 15) is 9.59 Å². The molecule has 0 bridgehead atoms. The summed E-state index contributed by atoms with van der Waals surface area (Å²) in [6.45, 7) is 3.35. The minimum atomic E-state index is -0.475. The minimum absolute atomic E-state index is 0.117. The number of nitrogens with one attached hydrogen (secondary N) is 2. The number of nitrogens with zero attached hydrogens (tertiary/aromatic N) is 2. The molecule has 136 valence electrons. The third-order valence-electron chi connectivity index (χ3n) is 3.76. The lowest BCUT2D eigenvalue weighted by atomic mass is 10.1. The predicted octanol–water partition coefficient (Wildman–Crippen LogP) is 3.25. The summed E-state index contributed by atoms with van der Waals surface area (Å²) in [5, 5.41) is 5.95. The summed E-state index contributed by atoms with van der Waals surface area (Å²) >= 11 is 0. The Morgan fingerprint density at radius 1 is 0.926 bits per heavy atom. The lowest BCUT2D eigenvalue weighted by Gasteiger charge is -2.10. The van der Waals surface area contributed by atoms with Crippen molar-refractivity contribution in [3.63, 3.8) is 0 Å². The number of aromatic nitrogens is 2. The lowest BCUT2D eigenvalue weighted by molar-refractivity contribution is -0.114. The van der Waals surface area contributed by atoms with Crippen molar-refractivity contribution in [3.8, 4) is 11.4 Å². The van der Waals surface area contributed by atoms with Crippen molar-refractivity contribution >= 4 is 29.0 Å². The number of hydrogen-bond acceptors (Lipinski definition) is 5. The summed E-state index contributed by atoms with van der Waals surface area (Å²) in [7, 11) is 0. The van der Waals surface area contributed by atoms with Crippen LogP contribution in [-0.4, -0.2) is 21.8 Å². The van der Waals surface area contributed by atoms with Crippen LogP contribution in [0, 0.1) is 6.92 Å². The molecule has 0 aliphatic heterocycles. The molecule has 0 aliphatic rings. The summed E-state index contributed by atoms with van der Waals surface area (Å²) in [6.07, 6.45) is 0. The van der Waals surface area contributed by atoms with Gasteiger partial charge in [-0.25, -0.2) is 9.97 Å². The molecule has 0 saturated carbocycles. The van der Waals surface area contributed by atoms with Gasteiger partial charge in [0.1, 0.15) is 5.82 Å². The number of carbonyl (C=O) groups excluding carboxylic acids is 2. The molecule has 4 N–H and O–H groups in total. The van der Waals surface area contributed by atoms with Gasteiger partial charge in [-0.3, -0.25) is 9.59 Å². The zero-order chi connectivity index (χ0) is 19.4. The second kappa shape index (κ2) is 7.65. The zero-order valence-corrected chi connectivity index (χ0v) is 15.0. The van der Waals surface area contributed by atoms with Gasteiger partial charge in [0.2, 0.25) is 11.8 Å². The first-order valence-corrected chi connectivity index (χ1v) is 8.31. The molecule has 27 heavy (non-hydrogen) atoms. The zero-order valence-electron chi connectivity index (χ0n) is 15.0. The molecule has 7 heteroatoms. The SMILES string of the molecule is CC(=O)Nc1ccc(Nc2cc(C)nc(-c3ccc(C(N)=O)cc3)n2)cc1. The van der Waals surface area contributed by atoms with Gasteiger partial charge < -0.3 is 16.4 Å². The van der Waals surface area contributed by atoms with Crippen LogP contribution in [0.15, 0.2) is 54.6 Å². The maximum Gasteiger partial charge on any atom is 0.248 e. The van der Waals surface area contributed by atoms with E-state index in [1.54, 1.807) is 36.4 Å². The summed E-state index contributed by atoms with van der Waals surface area (Å²) in [5.41, 5.74) is 8.85. The average Bonchev–Trinajstić information content (AvgIpc) is 2.62. The second-order valence-corrected chi connectivity index (χ2v) is 6.04. The first kappa shape index (κ1) is 18.1. The Bertz CT molecular complexity index is 982. The third kappa shape index (κ3) is 4.66. The molecule has 0 spiro atoms. The lowest BCUT2D eigenvalue weighted by Crippen LogP contribution is -2.10. The molecule has 1 heterocycles. The van der Waals surface area contributed by atoms with Gasteiger partial charge in [0.15, 0.2) is 5.82 Å². The largest absolute Gasteiger partial charge is 0.366 e. The summed E-state index contributed by atoms with van der Waals surface area (Å²) in [5.74, 6) is 0.595. The normalized spacial score (nSPS) is 10.3. The van der Waals surface area contributed by atoms with E-state index in [2.05, 4.69) is 20.6 Å². The van der Waals surface area contributed by atoms with Gasteiger partial charge >= 0.3 is 0 Å². The van der Waals surface area contributed by atoms with Gasteiger partial charge in [0, 0.05) is 41.2 Å². The van der Waals surface area contributed by atoms with Gasteiger partial charge in [-0.15, -0.1) is 0 Å². The van der Waals surface area contributed by atoms with Crippen LogP contribution >= 0.6 is 0 Å². The molecular weight excluding hydrogens is 342 g/mol. The first-order valence-electron chi connectivity index (χ1n) is 8.31. The van der Waals surface area contributed by atoms with Crippen LogP contribution in [-0.2, 0) is 4.79 Å². The van der Waals surface area contributed by atoms with E-state index in [0.717, 1.165) is 22.6 Å². The highest BCUT2D eigenvalue weighted by Crippen LogP contribution is 2.22. The molecule has 0 aliphatic carbocycles. The fraction of sp³-hybridized carbons (Fsp3) is 0.100. The second-order valence-electron chi connectivity index (χ2n) is 6.04. The van der Waals surface area contributed by atoms with Crippen molar-refractivity contribution in [1.82, 2.24) is 9.97 Å². The Balaban J connectivity index is 1.82. The van der Waals surface area contributed by atoms with E-state index in [1.165, 1.54) is 6.92 Å². The standard InChI is InChI=1S/C20H19N5O2/c1-12-11-18(24-17-9-7-16(8-10-17)23-13(2)26)25-20(22-12)15-5-3-14(4-6-15)19(21)27/h3-11H,1-2H3,(H2,21,27)(H,23,26)(H,22,24,25). The van der Waals surface area contributed by atoms with Crippen LogP contribution in [0.3, 0.4) is 0 Å². The monoisotopic (exact) mass is 361 g/mol. The maximum atomic E-state index is 11.2. The van der Waals surface area contributed by atoms with Gasteiger partial charge in [0.05, 0.1) is 0 Å². The van der Waals surface area contributed by atoms with Crippen LogP contribution in [0.2, 0.25) is 0 Å². The van der Waals surface area contributed by atoms with Crippen LogP contribution in [0.5, 0.6) is 0 Å². The van der Waals surface area contributed by atoms with E-state index in [4.69, 9.17) is 5.73 Å². The predicted molar refractivity (Wildman–Crippen MR) is 105 cm³/mol. The number of hydrogen-bond donors (Lipinski definition) is 3. The van der Waals surface area contributed by atoms with Gasteiger partial charge in [-0.05, 0) is 43.3 Å². The van der Waals surface area contributed by atoms with Crippen molar-refractivity contribution in [2.75, 3.05) is 10.6 Å². The molecule has 1 aromatic heterocycles. The quantitative estimate of drug-likeness (QED) is 0.646. The molecule has 0 radical (unpaired) electrons. The Labute approximate surface area is 156 Å². The molecule has 0 saturated heterocycles. The Morgan fingerprint density at radius 2 is 1.56 bits per heavy atom. The molecular formula is C20H19N5O2. The summed E-state index contributed by atoms with van der Waals surface area (Å²) in [4.78, 5) is 31.3. The fourth-order valence-electron chi connectivity index (χ4n) is 2.53. The number of nitrogens with two attached hydrogens (primary N) is 1. The number of benzene rings is 2. The number of rotatable bonds is 5. The summed E-state index contributed by atoms with van der Waals surface area (Å²) in [6, 6.07) is 16.0. The highest BCUT2D eigenvalue weighted by atomic mass is 16.1. The molecule has 0 atom stereocenters. The Hall–Kier alpha value is -3.74. The highest BCUT2D eigenvalue weighted by molar-refractivity contribution is 5.93. The Kier molecular flexibility index (Phi) is 5.12. The van der Waals surface area contributed by atoms with Gasteiger partial charge in [-0.1, -0.05) is 12.1 Å². The van der Waals surface area contributed by atoms with E-state index < -0.39 is 5.91 Å². The van der Waals surface area contributed by atoms with Crippen LogP contribution in [0.1, 0.15) is 23.0 Å².